The van der Waals surface area contributed by atoms with Crippen LogP contribution < -0.4 is 26.2 Å². The SMILES string of the molecule is Cc1cc2c(cc1N1c3cc(-c4ccccc4)cc4c3B(c3cc5c(cc3N4c3ccc4c(c3)C(C)(C)CCC4(C)C)C(C)(C)CCC5(C)C)c3c1ccc1c3Cc3cccc(C(C)(C)C)c3-1)C(C)(C)CCC2(C)C. The predicted octanol–water partition coefficient (Wildman–Crippen LogP) is 17.7. The second-order valence-electron chi connectivity index (χ2n) is 29.4. The van der Waals surface area contributed by atoms with Gasteiger partial charge in [0.25, 0.3) is 6.71 Å². The van der Waals surface area contributed by atoms with Crippen molar-refractivity contribution in [3.8, 4) is 22.3 Å². The Bertz CT molecular complexity index is 3590. The van der Waals surface area contributed by atoms with Gasteiger partial charge in [0.05, 0.1) is 0 Å². The molecule has 0 spiro atoms. The van der Waals surface area contributed by atoms with E-state index in [1.54, 1.807) is 0 Å². The quantitative estimate of drug-likeness (QED) is 0.163. The summed E-state index contributed by atoms with van der Waals surface area (Å²) in [4.78, 5) is 5.53. The van der Waals surface area contributed by atoms with Crippen LogP contribution >= 0.6 is 0 Å². The molecular formula is C72H81BN2. The number of hydrogen-bond donors (Lipinski definition) is 0. The monoisotopic (exact) mass is 985 g/mol. The number of nitrogens with zero attached hydrogens (tertiary/aromatic N) is 2. The Morgan fingerprint density at radius 1 is 0.427 bits per heavy atom. The van der Waals surface area contributed by atoms with Gasteiger partial charge in [-0.1, -0.05) is 177 Å². The second-order valence-corrected chi connectivity index (χ2v) is 29.4. The van der Waals surface area contributed by atoms with Gasteiger partial charge in [-0.2, -0.15) is 0 Å². The molecule has 13 rings (SSSR count). The molecule has 7 aromatic carbocycles. The van der Waals surface area contributed by atoms with E-state index in [2.05, 4.69) is 236 Å². The van der Waals surface area contributed by atoms with E-state index in [4.69, 9.17) is 0 Å². The molecule has 0 amide bonds. The minimum Gasteiger partial charge on any atom is -0.311 e. The van der Waals surface area contributed by atoms with Gasteiger partial charge in [-0.25, -0.2) is 0 Å². The number of anilines is 6. The molecule has 3 heteroatoms. The maximum Gasteiger partial charge on any atom is 0.252 e. The average molecular weight is 985 g/mol. The van der Waals surface area contributed by atoms with Crippen molar-refractivity contribution in [2.24, 2.45) is 0 Å². The summed E-state index contributed by atoms with van der Waals surface area (Å²) in [5.74, 6) is 0. The number of fused-ring (bicyclic) bond motifs is 11. The lowest BCUT2D eigenvalue weighted by atomic mass is 9.32. The van der Waals surface area contributed by atoms with E-state index in [-0.39, 0.29) is 44.6 Å². The molecule has 7 aromatic rings. The first-order valence-corrected chi connectivity index (χ1v) is 28.8. The van der Waals surface area contributed by atoms with Gasteiger partial charge in [0.2, 0.25) is 0 Å². The first-order valence-electron chi connectivity index (χ1n) is 28.8. The van der Waals surface area contributed by atoms with Crippen molar-refractivity contribution in [2.45, 2.75) is 194 Å². The van der Waals surface area contributed by atoms with Crippen LogP contribution in [0.3, 0.4) is 0 Å². The van der Waals surface area contributed by atoms with E-state index in [0.717, 1.165) is 6.42 Å². The molecule has 0 saturated carbocycles. The van der Waals surface area contributed by atoms with Gasteiger partial charge in [-0.15, -0.1) is 0 Å². The molecule has 0 unspecified atom stereocenters. The minimum absolute atomic E-state index is 0.00261. The molecule has 0 atom stereocenters. The molecule has 4 aliphatic carbocycles. The van der Waals surface area contributed by atoms with E-state index in [0.29, 0.717) is 0 Å². The van der Waals surface area contributed by atoms with E-state index in [9.17, 15) is 0 Å². The molecule has 2 aliphatic heterocycles. The van der Waals surface area contributed by atoms with Gasteiger partial charge < -0.3 is 9.80 Å². The first-order chi connectivity index (χ1) is 35.2. The fourth-order valence-electron chi connectivity index (χ4n) is 15.5. The molecule has 6 aliphatic rings. The molecule has 382 valence electrons. The molecule has 2 heterocycles. The largest absolute Gasteiger partial charge is 0.311 e. The zero-order valence-corrected chi connectivity index (χ0v) is 48.4. The fraction of sp³-hybridized carbons (Fsp3) is 0.417. The molecule has 0 N–H and O–H groups in total. The number of benzene rings is 7. The van der Waals surface area contributed by atoms with Gasteiger partial charge in [0.15, 0.2) is 0 Å². The summed E-state index contributed by atoms with van der Waals surface area (Å²) in [7, 11) is 0. The van der Waals surface area contributed by atoms with Crippen LogP contribution in [-0.2, 0) is 44.3 Å². The highest BCUT2D eigenvalue weighted by Gasteiger charge is 2.50. The van der Waals surface area contributed by atoms with Crippen LogP contribution in [-0.4, -0.2) is 6.71 Å². The van der Waals surface area contributed by atoms with E-state index < -0.39 is 0 Å². The highest BCUT2D eigenvalue weighted by molar-refractivity contribution is 7.00. The van der Waals surface area contributed by atoms with E-state index >= 15 is 0 Å². The summed E-state index contributed by atoms with van der Waals surface area (Å²) in [6, 6.07) is 47.0. The Labute approximate surface area is 451 Å². The third kappa shape index (κ3) is 7.10. The molecule has 0 fully saturated rings. The van der Waals surface area contributed by atoms with Crippen molar-refractivity contribution < 1.29 is 0 Å². The van der Waals surface area contributed by atoms with Gasteiger partial charge in [-0.05, 0) is 227 Å². The Hall–Kier alpha value is -5.80. The lowest BCUT2D eigenvalue weighted by molar-refractivity contribution is 0.332. The summed E-state index contributed by atoms with van der Waals surface area (Å²) >= 11 is 0. The summed E-state index contributed by atoms with van der Waals surface area (Å²) in [5.41, 5.74) is 32.8. The summed E-state index contributed by atoms with van der Waals surface area (Å²) in [5, 5.41) is 0. The summed E-state index contributed by atoms with van der Waals surface area (Å²) in [6.07, 6.45) is 8.01. The smallest absolute Gasteiger partial charge is 0.252 e. The van der Waals surface area contributed by atoms with E-state index in [1.165, 1.54) is 167 Å². The maximum atomic E-state index is 2.77. The Balaban J connectivity index is 1.20. The van der Waals surface area contributed by atoms with Crippen molar-refractivity contribution in [2.75, 3.05) is 9.80 Å². The second kappa shape index (κ2) is 15.7. The lowest BCUT2D eigenvalue weighted by Gasteiger charge is -2.49. The third-order valence-electron chi connectivity index (χ3n) is 20.5. The average Bonchev–Trinajstić information content (AvgIpc) is 3.81. The number of hydrogen-bond acceptors (Lipinski definition) is 2. The van der Waals surface area contributed by atoms with E-state index in [1.807, 2.05) is 0 Å². The lowest BCUT2D eigenvalue weighted by Crippen LogP contribution is -2.62. The highest BCUT2D eigenvalue weighted by Crippen LogP contribution is 2.56. The van der Waals surface area contributed by atoms with Crippen LogP contribution in [0.5, 0.6) is 0 Å². The van der Waals surface area contributed by atoms with Crippen molar-refractivity contribution in [1.29, 1.82) is 0 Å². The van der Waals surface area contributed by atoms with Crippen LogP contribution in [0, 0.1) is 6.92 Å². The van der Waals surface area contributed by atoms with Crippen LogP contribution in [0.1, 0.15) is 198 Å². The summed E-state index contributed by atoms with van der Waals surface area (Å²) < 4.78 is 0. The fourth-order valence-corrected chi connectivity index (χ4v) is 15.5. The first kappa shape index (κ1) is 48.8. The molecule has 2 nitrogen and oxygen atoms in total. The zero-order chi connectivity index (χ0) is 52.9. The molecule has 0 radical (unpaired) electrons. The van der Waals surface area contributed by atoms with Crippen LogP contribution in [0.25, 0.3) is 22.3 Å². The predicted molar refractivity (Wildman–Crippen MR) is 323 cm³/mol. The molecule has 0 aromatic heterocycles. The normalized spacial score (nSPS) is 20.2. The zero-order valence-electron chi connectivity index (χ0n) is 48.4. The molecular weight excluding hydrogens is 904 g/mol. The van der Waals surface area contributed by atoms with Crippen LogP contribution in [0.15, 0.2) is 115 Å². The van der Waals surface area contributed by atoms with Crippen molar-refractivity contribution in [1.82, 2.24) is 0 Å². The van der Waals surface area contributed by atoms with Crippen LogP contribution in [0.2, 0.25) is 0 Å². The third-order valence-corrected chi connectivity index (χ3v) is 20.5. The topological polar surface area (TPSA) is 6.48 Å². The van der Waals surface area contributed by atoms with Gasteiger partial charge in [0.1, 0.15) is 0 Å². The Morgan fingerprint density at radius 3 is 1.56 bits per heavy atom. The molecule has 75 heavy (non-hydrogen) atoms. The Morgan fingerprint density at radius 2 is 0.960 bits per heavy atom. The van der Waals surface area contributed by atoms with Gasteiger partial charge in [0, 0.05) is 34.1 Å². The standard InChI is InChI=1S/C72H81BN2/c1-43-35-52-55(71(13,14)33-31-68(52,7)8)41-59(43)75-58-28-26-48-49(36-45-23-20-24-51(63(45)48)66(2,3)4)64(58)73-57-40-54-56(72(15,16)34-32-70(54,11)12)42-60(57)74(47-25-27-50-53(39-47)69(9,10)30-29-67(50,5)6)61-37-46(38-62(75)65(61)73)44-21-18-17-19-22-44/h17-28,35,37-42H,29-34,36H2,1-16H3. The maximum absolute atomic E-state index is 2.77. The van der Waals surface area contributed by atoms with Crippen molar-refractivity contribution in [3.63, 3.8) is 0 Å². The van der Waals surface area contributed by atoms with Gasteiger partial charge >= 0.3 is 0 Å². The molecule has 0 saturated heterocycles. The highest BCUT2D eigenvalue weighted by atomic mass is 15.2. The van der Waals surface area contributed by atoms with Crippen LogP contribution in [0.4, 0.5) is 34.1 Å². The number of aryl methyl sites for hydroxylation is 1. The van der Waals surface area contributed by atoms with Crippen molar-refractivity contribution >= 4 is 57.2 Å². The Kier molecular flexibility index (Phi) is 10.2. The van der Waals surface area contributed by atoms with Crippen molar-refractivity contribution in [3.05, 3.63) is 171 Å². The molecule has 0 bridgehead atoms. The minimum atomic E-state index is -0.00261. The van der Waals surface area contributed by atoms with Gasteiger partial charge in [-0.3, -0.25) is 0 Å². The summed E-state index contributed by atoms with van der Waals surface area (Å²) in [6.45, 7) is 39.5. The number of rotatable bonds is 3.